The van der Waals surface area contributed by atoms with E-state index < -0.39 is 0 Å². The molecule has 17 heavy (non-hydrogen) atoms. The lowest BCUT2D eigenvalue weighted by Crippen LogP contribution is -2.51. The smallest absolute Gasteiger partial charge is 0.315 e. The molecule has 2 amide bonds. The third-order valence-corrected chi connectivity index (χ3v) is 4.01. The molecule has 0 spiro atoms. The molecular weight excluding hydrogens is 220 g/mol. The molecule has 1 saturated heterocycles. The molecule has 2 rings (SSSR count). The van der Waals surface area contributed by atoms with Crippen molar-refractivity contribution in [2.24, 2.45) is 5.41 Å². The molecule has 1 heterocycles. The van der Waals surface area contributed by atoms with Gasteiger partial charge in [-0.15, -0.1) is 0 Å². The maximum Gasteiger partial charge on any atom is 0.315 e. The molecule has 1 aliphatic carbocycles. The molecule has 0 radical (unpaired) electrons. The van der Waals surface area contributed by atoms with Crippen molar-refractivity contribution >= 4 is 6.03 Å². The first kappa shape index (κ1) is 12.6. The predicted molar refractivity (Wildman–Crippen MR) is 63.7 cm³/mol. The highest BCUT2D eigenvalue weighted by atomic mass is 16.5. The third-order valence-electron chi connectivity index (χ3n) is 4.01. The van der Waals surface area contributed by atoms with Gasteiger partial charge in [-0.05, 0) is 19.3 Å². The van der Waals surface area contributed by atoms with Gasteiger partial charge in [0.05, 0.1) is 19.3 Å². The van der Waals surface area contributed by atoms with E-state index in [2.05, 4.69) is 10.6 Å². The van der Waals surface area contributed by atoms with Crippen LogP contribution in [0.1, 0.15) is 32.6 Å². The number of aliphatic hydroxyl groups excluding tert-OH is 1. The largest absolute Gasteiger partial charge is 0.396 e. The predicted octanol–water partition coefficient (Wildman–Crippen LogP) is 0.626. The quantitative estimate of drug-likeness (QED) is 0.679. The Kier molecular flexibility index (Phi) is 3.89. The van der Waals surface area contributed by atoms with Crippen LogP contribution in [-0.2, 0) is 4.74 Å². The van der Waals surface area contributed by atoms with Crippen molar-refractivity contribution < 1.29 is 14.6 Å². The Morgan fingerprint density at radius 3 is 2.94 bits per heavy atom. The summed E-state index contributed by atoms with van der Waals surface area (Å²) in [6, 6.07) is 0.0821. The van der Waals surface area contributed by atoms with E-state index in [9.17, 15) is 9.90 Å². The van der Waals surface area contributed by atoms with Crippen LogP contribution in [0.25, 0.3) is 0 Å². The van der Waals surface area contributed by atoms with Crippen molar-refractivity contribution in [1.82, 2.24) is 10.6 Å². The Morgan fingerprint density at radius 1 is 1.47 bits per heavy atom. The van der Waals surface area contributed by atoms with E-state index >= 15 is 0 Å². The first-order chi connectivity index (χ1) is 8.14. The molecule has 3 N–H and O–H groups in total. The van der Waals surface area contributed by atoms with Crippen molar-refractivity contribution in [3.63, 3.8) is 0 Å². The number of carbonyl (C=O) groups excluding carboxylic acids is 1. The van der Waals surface area contributed by atoms with Crippen LogP contribution in [0.4, 0.5) is 4.79 Å². The summed E-state index contributed by atoms with van der Waals surface area (Å²) in [7, 11) is 0. The zero-order valence-corrected chi connectivity index (χ0v) is 10.4. The fourth-order valence-electron chi connectivity index (χ4n) is 2.70. The number of carbonyl (C=O) groups is 1. The van der Waals surface area contributed by atoms with Gasteiger partial charge in [-0.3, -0.25) is 0 Å². The SMILES string of the molecule is CC1(CO)CCCC1NC(=O)NC1CCOC1. The Labute approximate surface area is 102 Å². The molecule has 1 saturated carbocycles. The lowest BCUT2D eigenvalue weighted by atomic mass is 9.86. The number of rotatable bonds is 3. The second-order valence-corrected chi connectivity index (χ2v) is 5.44. The Bertz CT molecular complexity index is 279. The zero-order valence-electron chi connectivity index (χ0n) is 10.4. The fraction of sp³-hybridized carbons (Fsp3) is 0.917. The summed E-state index contributed by atoms with van der Waals surface area (Å²) in [6.07, 6.45) is 3.87. The van der Waals surface area contributed by atoms with E-state index in [1.165, 1.54) is 0 Å². The lowest BCUT2D eigenvalue weighted by Gasteiger charge is -2.30. The molecular formula is C12H22N2O3. The summed E-state index contributed by atoms with van der Waals surface area (Å²) in [5.41, 5.74) is -0.163. The van der Waals surface area contributed by atoms with E-state index in [1.54, 1.807) is 0 Å². The number of amides is 2. The highest BCUT2D eigenvalue weighted by Gasteiger charge is 2.39. The highest BCUT2D eigenvalue weighted by Crippen LogP contribution is 2.37. The first-order valence-electron chi connectivity index (χ1n) is 6.40. The average molecular weight is 242 g/mol. The van der Waals surface area contributed by atoms with Crippen molar-refractivity contribution in [3.8, 4) is 0 Å². The molecule has 2 aliphatic rings. The van der Waals surface area contributed by atoms with Crippen molar-refractivity contribution in [2.75, 3.05) is 19.8 Å². The van der Waals surface area contributed by atoms with E-state index in [0.29, 0.717) is 6.61 Å². The van der Waals surface area contributed by atoms with Crippen LogP contribution in [-0.4, -0.2) is 43.0 Å². The molecule has 5 nitrogen and oxygen atoms in total. The molecule has 2 fully saturated rings. The topological polar surface area (TPSA) is 70.6 Å². The molecule has 1 aliphatic heterocycles. The molecule has 0 aromatic carbocycles. The Morgan fingerprint density at radius 2 is 2.29 bits per heavy atom. The molecule has 0 aromatic rings. The second kappa shape index (κ2) is 5.23. The number of ether oxygens (including phenoxy) is 1. The maximum atomic E-state index is 11.8. The van der Waals surface area contributed by atoms with E-state index in [4.69, 9.17) is 4.74 Å². The minimum absolute atomic E-state index is 0.0785. The number of nitrogens with one attached hydrogen (secondary N) is 2. The Hall–Kier alpha value is -0.810. The van der Waals surface area contributed by atoms with Crippen LogP contribution >= 0.6 is 0 Å². The number of urea groups is 1. The highest BCUT2D eigenvalue weighted by molar-refractivity contribution is 5.74. The molecule has 98 valence electrons. The van der Waals surface area contributed by atoms with Crippen LogP contribution in [0.2, 0.25) is 0 Å². The summed E-state index contributed by atoms with van der Waals surface area (Å²) in [5.74, 6) is 0. The van der Waals surface area contributed by atoms with Crippen LogP contribution < -0.4 is 10.6 Å². The van der Waals surface area contributed by atoms with E-state index in [1.807, 2.05) is 6.92 Å². The monoisotopic (exact) mass is 242 g/mol. The third kappa shape index (κ3) is 2.90. The van der Waals surface area contributed by atoms with Gasteiger partial charge in [0, 0.05) is 18.1 Å². The van der Waals surface area contributed by atoms with Gasteiger partial charge in [-0.1, -0.05) is 13.3 Å². The van der Waals surface area contributed by atoms with Crippen LogP contribution in [0.5, 0.6) is 0 Å². The summed E-state index contributed by atoms with van der Waals surface area (Å²) >= 11 is 0. The summed E-state index contributed by atoms with van der Waals surface area (Å²) in [6.45, 7) is 3.49. The average Bonchev–Trinajstić information content (AvgIpc) is 2.91. The van der Waals surface area contributed by atoms with E-state index in [-0.39, 0.29) is 30.1 Å². The second-order valence-electron chi connectivity index (χ2n) is 5.44. The molecule has 3 atom stereocenters. The normalized spacial score (nSPS) is 37.1. The molecule has 0 bridgehead atoms. The maximum absolute atomic E-state index is 11.8. The lowest BCUT2D eigenvalue weighted by molar-refractivity contribution is 0.120. The number of aliphatic hydroxyl groups is 1. The van der Waals surface area contributed by atoms with Gasteiger partial charge in [-0.25, -0.2) is 4.79 Å². The Balaban J connectivity index is 1.81. The van der Waals surface area contributed by atoms with Crippen LogP contribution in [0.15, 0.2) is 0 Å². The van der Waals surface area contributed by atoms with Crippen molar-refractivity contribution in [2.45, 2.75) is 44.7 Å². The minimum atomic E-state index is -0.163. The molecule has 5 heteroatoms. The number of hydrogen-bond donors (Lipinski definition) is 3. The van der Waals surface area contributed by atoms with Gasteiger partial charge in [0.25, 0.3) is 0 Å². The van der Waals surface area contributed by atoms with Crippen LogP contribution in [0, 0.1) is 5.41 Å². The van der Waals surface area contributed by atoms with Gasteiger partial charge >= 0.3 is 6.03 Å². The van der Waals surface area contributed by atoms with Gasteiger partial charge in [0.2, 0.25) is 0 Å². The first-order valence-corrected chi connectivity index (χ1v) is 6.40. The zero-order chi connectivity index (χ0) is 12.3. The van der Waals surface area contributed by atoms with Crippen molar-refractivity contribution in [1.29, 1.82) is 0 Å². The standard InChI is InChI=1S/C12H22N2O3/c1-12(8-15)5-2-3-10(12)14-11(16)13-9-4-6-17-7-9/h9-10,15H,2-8H2,1H3,(H2,13,14,16). The summed E-state index contributed by atoms with van der Waals surface area (Å²) in [4.78, 5) is 11.8. The van der Waals surface area contributed by atoms with E-state index in [0.717, 1.165) is 32.3 Å². The fourth-order valence-corrected chi connectivity index (χ4v) is 2.70. The summed E-state index contributed by atoms with van der Waals surface area (Å²) in [5, 5.41) is 15.3. The van der Waals surface area contributed by atoms with Gasteiger partial charge < -0.3 is 20.5 Å². The van der Waals surface area contributed by atoms with Gasteiger partial charge in [0.15, 0.2) is 0 Å². The van der Waals surface area contributed by atoms with Gasteiger partial charge in [-0.2, -0.15) is 0 Å². The van der Waals surface area contributed by atoms with Gasteiger partial charge in [0.1, 0.15) is 0 Å². The molecule has 0 aromatic heterocycles. The number of hydrogen-bond acceptors (Lipinski definition) is 3. The van der Waals surface area contributed by atoms with Crippen LogP contribution in [0.3, 0.4) is 0 Å². The minimum Gasteiger partial charge on any atom is -0.396 e. The molecule has 3 unspecified atom stereocenters. The summed E-state index contributed by atoms with van der Waals surface area (Å²) < 4.78 is 5.21. The van der Waals surface area contributed by atoms with Crippen molar-refractivity contribution in [3.05, 3.63) is 0 Å².